The fourth-order valence-electron chi connectivity index (χ4n) is 3.35. The summed E-state index contributed by atoms with van der Waals surface area (Å²) in [5.41, 5.74) is 2.96. The van der Waals surface area contributed by atoms with Gasteiger partial charge in [0.2, 0.25) is 5.89 Å². The Morgan fingerprint density at radius 2 is 1.75 bits per heavy atom. The molecule has 5 heteroatoms. The van der Waals surface area contributed by atoms with Gasteiger partial charge in [-0.3, -0.25) is 4.79 Å². The van der Waals surface area contributed by atoms with Crippen LogP contribution in [0.4, 0.5) is 0 Å². The lowest BCUT2D eigenvalue weighted by Crippen LogP contribution is -2.04. The highest BCUT2D eigenvalue weighted by molar-refractivity contribution is 6.31. The Kier molecular flexibility index (Phi) is 6.66. The van der Waals surface area contributed by atoms with Gasteiger partial charge in [0.1, 0.15) is 17.0 Å². The lowest BCUT2D eigenvalue weighted by atomic mass is 10.0. The number of Topliss-reactive ketones (excluding diaryl/α,β-unsaturated/α-hetero) is 1. The Bertz CT molecular complexity index is 1210. The molecular formula is C27H25NO4. The maximum absolute atomic E-state index is 13.5. The molecule has 3 aromatic carbocycles. The van der Waals surface area contributed by atoms with E-state index in [1.807, 2.05) is 60.7 Å². The average Bonchev–Trinajstić information content (AvgIpc) is 3.27. The van der Waals surface area contributed by atoms with Crippen LogP contribution >= 0.6 is 0 Å². The molecule has 32 heavy (non-hydrogen) atoms. The van der Waals surface area contributed by atoms with Crippen LogP contribution in [0.3, 0.4) is 0 Å². The summed E-state index contributed by atoms with van der Waals surface area (Å²) in [6, 6.07) is 22.1. The minimum Gasteiger partial charge on any atom is -0.496 e. The number of nitrogens with zero attached hydrogens (tertiary/aromatic N) is 1. The Morgan fingerprint density at radius 3 is 2.50 bits per heavy atom. The second-order valence-electron chi connectivity index (χ2n) is 7.34. The Labute approximate surface area is 187 Å². The van der Waals surface area contributed by atoms with Crippen molar-refractivity contribution in [2.45, 2.75) is 19.8 Å². The van der Waals surface area contributed by atoms with Crippen LogP contribution in [0, 0.1) is 0 Å². The highest BCUT2D eigenvalue weighted by Gasteiger charge is 2.21. The number of oxazole rings is 1. The quantitative estimate of drug-likeness (QED) is 0.175. The van der Waals surface area contributed by atoms with Crippen LogP contribution in [-0.2, 0) is 0 Å². The molecule has 0 aliphatic heterocycles. The number of methoxy groups -OCH3 is 1. The second kappa shape index (κ2) is 9.96. The molecule has 0 aliphatic carbocycles. The molecule has 5 nitrogen and oxygen atoms in total. The van der Waals surface area contributed by atoms with Crippen molar-refractivity contribution in [1.82, 2.24) is 4.98 Å². The summed E-state index contributed by atoms with van der Waals surface area (Å²) in [5, 5.41) is 0. The van der Waals surface area contributed by atoms with Crippen LogP contribution in [0.1, 0.15) is 41.6 Å². The molecule has 0 N–H and O–H groups in total. The Balaban J connectivity index is 1.73. The number of carbonyl (C=O) groups excluding carboxylic acids is 1. The number of hydrogen-bond donors (Lipinski definition) is 0. The molecule has 0 fully saturated rings. The molecule has 0 aliphatic rings. The van der Waals surface area contributed by atoms with Crippen LogP contribution in [0.25, 0.3) is 22.7 Å². The SMILES string of the molecule is CCCCOc1ccc(C(=O)/C(=C/c2ccccc2OC)c2nc3ccccc3o2)cc1. The first kappa shape index (κ1) is 21.4. The molecule has 0 amide bonds. The molecule has 0 saturated carbocycles. The number of rotatable bonds is 9. The number of carbonyl (C=O) groups is 1. The van der Waals surface area contributed by atoms with E-state index in [1.165, 1.54) is 0 Å². The topological polar surface area (TPSA) is 61.6 Å². The van der Waals surface area contributed by atoms with E-state index >= 15 is 0 Å². The lowest BCUT2D eigenvalue weighted by Gasteiger charge is -2.08. The van der Waals surface area contributed by atoms with Crippen molar-refractivity contribution in [3.63, 3.8) is 0 Å². The first-order valence-corrected chi connectivity index (χ1v) is 10.7. The maximum atomic E-state index is 13.5. The highest BCUT2D eigenvalue weighted by atomic mass is 16.5. The van der Waals surface area contributed by atoms with Crippen molar-refractivity contribution in [2.75, 3.05) is 13.7 Å². The van der Waals surface area contributed by atoms with Crippen LogP contribution in [0.5, 0.6) is 11.5 Å². The standard InChI is InChI=1S/C27H25NO4/c1-3-4-17-31-21-15-13-19(14-16-21)26(29)22(18-20-9-5-7-11-24(20)30-2)27-28-23-10-6-8-12-25(23)32-27/h5-16,18H,3-4,17H2,1-2H3/b22-18-. The van der Waals surface area contributed by atoms with Gasteiger partial charge in [0, 0.05) is 11.1 Å². The third-order valence-corrected chi connectivity index (χ3v) is 5.09. The van der Waals surface area contributed by atoms with Crippen molar-refractivity contribution in [1.29, 1.82) is 0 Å². The number of aromatic nitrogens is 1. The van der Waals surface area contributed by atoms with Gasteiger partial charge in [-0.1, -0.05) is 43.7 Å². The normalized spacial score (nSPS) is 11.5. The minimum absolute atomic E-state index is 0.192. The van der Waals surface area contributed by atoms with Crippen molar-refractivity contribution in [2.24, 2.45) is 0 Å². The Hall–Kier alpha value is -3.86. The van der Waals surface area contributed by atoms with E-state index in [4.69, 9.17) is 13.9 Å². The van der Waals surface area contributed by atoms with E-state index in [0.29, 0.717) is 34.6 Å². The number of para-hydroxylation sites is 3. The number of unbranched alkanes of at least 4 members (excludes halogenated alkanes) is 1. The third kappa shape index (κ3) is 4.72. The summed E-state index contributed by atoms with van der Waals surface area (Å²) in [5.74, 6) is 1.48. The van der Waals surface area contributed by atoms with Crippen LogP contribution in [0.2, 0.25) is 0 Å². The molecular weight excluding hydrogens is 402 g/mol. The fraction of sp³-hybridized carbons (Fsp3) is 0.185. The number of ether oxygens (including phenoxy) is 2. The van der Waals surface area contributed by atoms with Gasteiger partial charge in [-0.15, -0.1) is 0 Å². The van der Waals surface area contributed by atoms with Crippen LogP contribution in [-0.4, -0.2) is 24.5 Å². The van der Waals surface area contributed by atoms with E-state index < -0.39 is 0 Å². The molecule has 1 aromatic heterocycles. The smallest absolute Gasteiger partial charge is 0.231 e. The molecule has 0 radical (unpaired) electrons. The van der Waals surface area contributed by atoms with Crippen molar-refractivity contribution in [3.8, 4) is 11.5 Å². The van der Waals surface area contributed by atoms with E-state index in [9.17, 15) is 4.79 Å². The number of fused-ring (bicyclic) bond motifs is 1. The van der Waals surface area contributed by atoms with Gasteiger partial charge in [0.15, 0.2) is 11.4 Å². The molecule has 0 unspecified atom stereocenters. The zero-order valence-corrected chi connectivity index (χ0v) is 18.2. The monoisotopic (exact) mass is 427 g/mol. The molecule has 0 spiro atoms. The molecule has 0 atom stereocenters. The minimum atomic E-state index is -0.192. The van der Waals surface area contributed by atoms with Gasteiger partial charge >= 0.3 is 0 Å². The van der Waals surface area contributed by atoms with Crippen LogP contribution < -0.4 is 9.47 Å². The highest BCUT2D eigenvalue weighted by Crippen LogP contribution is 2.29. The lowest BCUT2D eigenvalue weighted by molar-refractivity contribution is 0.105. The third-order valence-electron chi connectivity index (χ3n) is 5.09. The van der Waals surface area contributed by atoms with E-state index in [-0.39, 0.29) is 11.7 Å². The zero-order chi connectivity index (χ0) is 22.3. The zero-order valence-electron chi connectivity index (χ0n) is 18.2. The van der Waals surface area contributed by atoms with Gasteiger partial charge in [0.25, 0.3) is 0 Å². The van der Waals surface area contributed by atoms with Gasteiger partial charge in [-0.25, -0.2) is 4.98 Å². The number of allylic oxidation sites excluding steroid dienone is 1. The van der Waals surface area contributed by atoms with Gasteiger partial charge in [-0.2, -0.15) is 0 Å². The van der Waals surface area contributed by atoms with E-state index in [1.54, 1.807) is 25.3 Å². The van der Waals surface area contributed by atoms with Crippen LogP contribution in [0.15, 0.2) is 77.2 Å². The molecule has 4 rings (SSSR count). The maximum Gasteiger partial charge on any atom is 0.231 e. The summed E-state index contributed by atoms with van der Waals surface area (Å²) in [7, 11) is 1.60. The summed E-state index contributed by atoms with van der Waals surface area (Å²) < 4.78 is 17.1. The van der Waals surface area contributed by atoms with Gasteiger partial charge in [0.05, 0.1) is 19.3 Å². The first-order valence-electron chi connectivity index (χ1n) is 10.7. The Morgan fingerprint density at radius 1 is 1.00 bits per heavy atom. The number of ketones is 1. The van der Waals surface area contributed by atoms with Gasteiger partial charge in [-0.05, 0) is 55.0 Å². The summed E-state index contributed by atoms with van der Waals surface area (Å²) in [6.45, 7) is 2.78. The van der Waals surface area contributed by atoms with Crippen molar-refractivity contribution < 1.29 is 18.7 Å². The predicted molar refractivity (Wildman–Crippen MR) is 126 cm³/mol. The van der Waals surface area contributed by atoms with E-state index in [2.05, 4.69) is 11.9 Å². The van der Waals surface area contributed by atoms with Crippen molar-refractivity contribution >= 4 is 28.5 Å². The summed E-state index contributed by atoms with van der Waals surface area (Å²) in [6.07, 6.45) is 3.82. The van der Waals surface area contributed by atoms with Gasteiger partial charge < -0.3 is 13.9 Å². The molecule has 1 heterocycles. The average molecular weight is 428 g/mol. The largest absolute Gasteiger partial charge is 0.496 e. The molecule has 162 valence electrons. The molecule has 4 aromatic rings. The first-order chi connectivity index (χ1) is 15.7. The van der Waals surface area contributed by atoms with Crippen molar-refractivity contribution in [3.05, 3.63) is 89.8 Å². The molecule has 0 bridgehead atoms. The number of hydrogen-bond acceptors (Lipinski definition) is 5. The molecule has 0 saturated heterocycles. The number of benzene rings is 3. The van der Waals surface area contributed by atoms with E-state index in [0.717, 1.165) is 24.2 Å². The summed E-state index contributed by atoms with van der Waals surface area (Å²) in [4.78, 5) is 18.1. The summed E-state index contributed by atoms with van der Waals surface area (Å²) >= 11 is 0. The fourth-order valence-corrected chi connectivity index (χ4v) is 3.35. The second-order valence-corrected chi connectivity index (χ2v) is 7.34. The predicted octanol–water partition coefficient (Wildman–Crippen LogP) is 6.44.